The first-order chi connectivity index (χ1) is 10.1. The Kier molecular flexibility index (Phi) is 4.70. The Morgan fingerprint density at radius 1 is 1.14 bits per heavy atom. The third kappa shape index (κ3) is 3.68. The average molecular weight is 281 g/mol. The lowest BCUT2D eigenvalue weighted by atomic mass is 10.0. The second kappa shape index (κ2) is 6.69. The molecule has 1 unspecified atom stereocenters. The van der Waals surface area contributed by atoms with Crippen molar-refractivity contribution in [3.63, 3.8) is 0 Å². The number of aliphatic hydroxyl groups excluding tert-OH is 1. The molecule has 2 rings (SSSR count). The second-order valence-corrected chi connectivity index (χ2v) is 4.64. The van der Waals surface area contributed by atoms with Crippen LogP contribution in [0.15, 0.2) is 54.6 Å². The highest BCUT2D eigenvalue weighted by atomic mass is 16.5. The van der Waals surface area contributed by atoms with E-state index < -0.39 is 12.2 Å². The van der Waals surface area contributed by atoms with Gasteiger partial charge in [0.2, 0.25) is 0 Å². The predicted molar refractivity (Wildman–Crippen MR) is 77.7 cm³/mol. The maximum atomic E-state index is 11.7. The van der Waals surface area contributed by atoms with E-state index in [1.54, 1.807) is 48.5 Å². The predicted octanol–water partition coefficient (Wildman–Crippen LogP) is 2.63. The molecule has 0 saturated carbocycles. The summed E-state index contributed by atoms with van der Waals surface area (Å²) in [6, 6.07) is 17.3. The molecule has 1 N–H and O–H groups in total. The molecule has 0 saturated heterocycles. The molecular weight excluding hydrogens is 266 g/mol. The molecule has 4 nitrogen and oxygen atoms in total. The topological polar surface area (TPSA) is 70.3 Å². The van der Waals surface area contributed by atoms with Crippen molar-refractivity contribution in [3.8, 4) is 11.8 Å². The maximum Gasteiger partial charge on any atom is 0.186 e. The van der Waals surface area contributed by atoms with Crippen LogP contribution in [-0.2, 0) is 4.79 Å². The van der Waals surface area contributed by atoms with Gasteiger partial charge >= 0.3 is 0 Å². The summed E-state index contributed by atoms with van der Waals surface area (Å²) in [6.07, 6.45) is -2.07. The molecule has 0 aromatic heterocycles. The van der Waals surface area contributed by atoms with Crippen LogP contribution in [0, 0.1) is 11.3 Å². The van der Waals surface area contributed by atoms with Gasteiger partial charge in [-0.05, 0) is 36.8 Å². The highest BCUT2D eigenvalue weighted by molar-refractivity contribution is 5.81. The van der Waals surface area contributed by atoms with E-state index in [2.05, 4.69) is 0 Å². The molecule has 2 aromatic rings. The lowest BCUT2D eigenvalue weighted by molar-refractivity contribution is -0.128. The number of Topliss-reactive ketones (excluding diaryl/α,β-unsaturated/α-hetero) is 1. The van der Waals surface area contributed by atoms with E-state index in [4.69, 9.17) is 10.00 Å². The molecular formula is C17H15NO3. The molecule has 0 aliphatic carbocycles. The first-order valence-corrected chi connectivity index (χ1v) is 6.52. The number of rotatable bonds is 5. The number of carbonyl (C=O) groups excluding carboxylic acids is 1. The molecule has 0 radical (unpaired) electrons. The number of hydrogen-bond acceptors (Lipinski definition) is 4. The number of ether oxygens (including phenoxy) is 1. The van der Waals surface area contributed by atoms with Crippen LogP contribution in [0.1, 0.15) is 24.2 Å². The van der Waals surface area contributed by atoms with Gasteiger partial charge in [0.05, 0.1) is 11.6 Å². The number of carbonyl (C=O) groups is 1. The number of para-hydroxylation sites is 1. The van der Waals surface area contributed by atoms with Crippen molar-refractivity contribution in [3.05, 3.63) is 65.7 Å². The molecule has 0 amide bonds. The Morgan fingerprint density at radius 3 is 2.29 bits per heavy atom. The van der Waals surface area contributed by atoms with Gasteiger partial charge < -0.3 is 9.84 Å². The summed E-state index contributed by atoms with van der Waals surface area (Å²) >= 11 is 0. The summed E-state index contributed by atoms with van der Waals surface area (Å²) in [5.41, 5.74) is 1.03. The van der Waals surface area contributed by atoms with Crippen molar-refractivity contribution in [1.29, 1.82) is 5.26 Å². The lowest BCUT2D eigenvalue weighted by Crippen LogP contribution is -2.32. The van der Waals surface area contributed by atoms with E-state index in [0.717, 1.165) is 0 Å². The molecule has 0 heterocycles. The molecule has 21 heavy (non-hydrogen) atoms. The van der Waals surface area contributed by atoms with Gasteiger partial charge in [-0.25, -0.2) is 0 Å². The summed E-state index contributed by atoms with van der Waals surface area (Å²) in [4.78, 5) is 11.7. The zero-order valence-electron chi connectivity index (χ0n) is 11.6. The largest absolute Gasteiger partial charge is 0.480 e. The molecule has 106 valence electrons. The zero-order valence-corrected chi connectivity index (χ0v) is 11.6. The first kappa shape index (κ1) is 14.8. The Morgan fingerprint density at radius 2 is 1.76 bits per heavy atom. The number of nitriles is 1. The summed E-state index contributed by atoms with van der Waals surface area (Å²) in [5.74, 6) is 0.251. The Labute approximate surface area is 123 Å². The number of nitrogens with zero attached hydrogens (tertiary/aromatic N) is 1. The van der Waals surface area contributed by atoms with E-state index in [9.17, 15) is 9.90 Å². The molecule has 2 aromatic carbocycles. The van der Waals surface area contributed by atoms with Gasteiger partial charge in [0.15, 0.2) is 11.9 Å². The van der Waals surface area contributed by atoms with Gasteiger partial charge in [0.1, 0.15) is 11.9 Å². The third-order valence-electron chi connectivity index (χ3n) is 3.07. The van der Waals surface area contributed by atoms with Crippen molar-refractivity contribution in [1.82, 2.24) is 0 Å². The fraction of sp³-hybridized carbons (Fsp3) is 0.176. The van der Waals surface area contributed by atoms with Gasteiger partial charge in [-0.2, -0.15) is 5.26 Å². The monoisotopic (exact) mass is 281 g/mol. The number of aliphatic hydroxyl groups is 1. The normalized spacial score (nSPS) is 13.0. The highest BCUT2D eigenvalue weighted by Gasteiger charge is 2.27. The van der Waals surface area contributed by atoms with Gasteiger partial charge in [-0.15, -0.1) is 0 Å². The van der Waals surface area contributed by atoms with Gasteiger partial charge in [-0.1, -0.05) is 30.3 Å². The van der Waals surface area contributed by atoms with Crippen molar-refractivity contribution in [2.24, 2.45) is 0 Å². The minimum absolute atomic E-state index is 0.268. The molecule has 2 atom stereocenters. The fourth-order valence-electron chi connectivity index (χ4n) is 1.95. The lowest BCUT2D eigenvalue weighted by Gasteiger charge is -2.22. The average Bonchev–Trinajstić information content (AvgIpc) is 2.53. The van der Waals surface area contributed by atoms with Crippen LogP contribution in [0.25, 0.3) is 0 Å². The second-order valence-electron chi connectivity index (χ2n) is 4.64. The number of benzene rings is 2. The molecule has 0 aliphatic rings. The van der Waals surface area contributed by atoms with Crippen molar-refractivity contribution in [2.45, 2.75) is 19.1 Å². The summed E-state index contributed by atoms with van der Waals surface area (Å²) < 4.78 is 5.58. The van der Waals surface area contributed by atoms with Crippen molar-refractivity contribution in [2.75, 3.05) is 0 Å². The first-order valence-electron chi connectivity index (χ1n) is 6.52. The molecule has 0 fully saturated rings. The van der Waals surface area contributed by atoms with Crippen LogP contribution in [-0.4, -0.2) is 17.0 Å². The number of hydrogen-bond donors (Lipinski definition) is 1. The third-order valence-corrected chi connectivity index (χ3v) is 3.07. The Hall–Kier alpha value is -2.64. The maximum absolute atomic E-state index is 11.7. The Balaban J connectivity index is 2.21. The molecule has 4 heteroatoms. The van der Waals surface area contributed by atoms with Crippen LogP contribution in [0.4, 0.5) is 0 Å². The molecule has 0 spiro atoms. The smallest absolute Gasteiger partial charge is 0.186 e. The van der Waals surface area contributed by atoms with E-state index in [1.165, 1.54) is 6.92 Å². The van der Waals surface area contributed by atoms with Crippen LogP contribution in [0.3, 0.4) is 0 Å². The standard InChI is InChI=1S/C17H15NO3/c1-12(19)17(21-15-5-3-2-4-6-15)16(20)14-9-7-13(11-18)8-10-14/h2-10,16-17,20H,1H3/t16-,17?/m0/s1. The molecule has 0 aliphatic heterocycles. The van der Waals surface area contributed by atoms with Crippen LogP contribution < -0.4 is 4.74 Å². The SMILES string of the molecule is CC(=O)C(Oc1ccccc1)[C@@H](O)c1ccc(C#N)cc1. The van der Waals surface area contributed by atoms with Crippen LogP contribution in [0.2, 0.25) is 0 Å². The summed E-state index contributed by atoms with van der Waals surface area (Å²) in [6.45, 7) is 1.38. The van der Waals surface area contributed by atoms with Crippen molar-refractivity contribution >= 4 is 5.78 Å². The van der Waals surface area contributed by atoms with Crippen molar-refractivity contribution < 1.29 is 14.6 Å². The zero-order chi connectivity index (χ0) is 15.2. The van der Waals surface area contributed by atoms with Crippen LogP contribution >= 0.6 is 0 Å². The minimum Gasteiger partial charge on any atom is -0.480 e. The fourth-order valence-corrected chi connectivity index (χ4v) is 1.95. The molecule has 0 bridgehead atoms. The van der Waals surface area contributed by atoms with Gasteiger partial charge in [0.25, 0.3) is 0 Å². The number of ketones is 1. The van der Waals surface area contributed by atoms with E-state index in [0.29, 0.717) is 16.9 Å². The van der Waals surface area contributed by atoms with Crippen LogP contribution in [0.5, 0.6) is 5.75 Å². The highest BCUT2D eigenvalue weighted by Crippen LogP contribution is 2.23. The van der Waals surface area contributed by atoms with E-state index >= 15 is 0 Å². The van der Waals surface area contributed by atoms with E-state index in [-0.39, 0.29) is 5.78 Å². The summed E-state index contributed by atoms with van der Waals surface area (Å²) in [5, 5.41) is 19.1. The Bertz CT molecular complexity index is 644. The minimum atomic E-state index is -1.09. The summed E-state index contributed by atoms with van der Waals surface area (Å²) in [7, 11) is 0. The van der Waals surface area contributed by atoms with Gasteiger partial charge in [-0.3, -0.25) is 4.79 Å². The van der Waals surface area contributed by atoms with E-state index in [1.807, 2.05) is 12.1 Å². The quantitative estimate of drug-likeness (QED) is 0.914. The van der Waals surface area contributed by atoms with Gasteiger partial charge in [0, 0.05) is 0 Å².